The predicted octanol–water partition coefficient (Wildman–Crippen LogP) is 2.91. The van der Waals surface area contributed by atoms with Gasteiger partial charge in [-0.3, -0.25) is 11.3 Å². The minimum absolute atomic E-state index is 0.273. The lowest BCUT2D eigenvalue weighted by molar-refractivity contribution is 0.406. The van der Waals surface area contributed by atoms with Crippen LogP contribution in [-0.4, -0.2) is 24.2 Å². The van der Waals surface area contributed by atoms with Gasteiger partial charge in [-0.05, 0) is 31.4 Å². The van der Waals surface area contributed by atoms with E-state index in [1.807, 2.05) is 17.8 Å². The molecule has 0 radical (unpaired) electrons. The van der Waals surface area contributed by atoms with Gasteiger partial charge in [0.05, 0.1) is 7.11 Å². The standard InChI is InChI=1S/C15H26N2OS/c1-5-12(3)19-10-14(17-16)9-13-8-11(2)6-7-15(13)18-4/h6-8,12,14,17H,5,9-10,16H2,1-4H3. The third-order valence-electron chi connectivity index (χ3n) is 3.29. The highest BCUT2D eigenvalue weighted by Gasteiger charge is 2.13. The van der Waals surface area contributed by atoms with Crippen molar-refractivity contribution in [2.24, 2.45) is 5.84 Å². The average molecular weight is 282 g/mol. The molecule has 0 aliphatic carbocycles. The molecule has 1 rings (SSSR count). The maximum absolute atomic E-state index is 5.67. The number of thioether (sulfide) groups is 1. The Bertz CT molecular complexity index is 384. The van der Waals surface area contributed by atoms with Gasteiger partial charge in [-0.2, -0.15) is 11.8 Å². The number of benzene rings is 1. The van der Waals surface area contributed by atoms with Gasteiger partial charge in [0.2, 0.25) is 0 Å². The highest BCUT2D eigenvalue weighted by molar-refractivity contribution is 7.99. The molecule has 2 unspecified atom stereocenters. The van der Waals surface area contributed by atoms with Crippen LogP contribution < -0.4 is 16.0 Å². The number of hydrogen-bond donors (Lipinski definition) is 2. The largest absolute Gasteiger partial charge is 0.496 e. The zero-order chi connectivity index (χ0) is 14.3. The minimum atomic E-state index is 0.273. The van der Waals surface area contributed by atoms with E-state index in [-0.39, 0.29) is 6.04 Å². The van der Waals surface area contributed by atoms with E-state index in [9.17, 15) is 0 Å². The second-order valence-electron chi connectivity index (χ2n) is 4.94. The van der Waals surface area contributed by atoms with Crippen molar-refractivity contribution >= 4 is 11.8 Å². The van der Waals surface area contributed by atoms with Gasteiger partial charge in [0.1, 0.15) is 5.75 Å². The van der Waals surface area contributed by atoms with E-state index >= 15 is 0 Å². The van der Waals surface area contributed by atoms with Crippen molar-refractivity contribution in [3.63, 3.8) is 0 Å². The Kier molecular flexibility index (Phi) is 7.28. The molecule has 2 atom stereocenters. The summed E-state index contributed by atoms with van der Waals surface area (Å²) >= 11 is 1.96. The molecule has 1 aromatic carbocycles. The topological polar surface area (TPSA) is 47.3 Å². The van der Waals surface area contributed by atoms with Gasteiger partial charge >= 0.3 is 0 Å². The lowest BCUT2D eigenvalue weighted by Crippen LogP contribution is -2.39. The summed E-state index contributed by atoms with van der Waals surface area (Å²) in [6, 6.07) is 6.55. The maximum Gasteiger partial charge on any atom is 0.122 e. The molecular formula is C15H26N2OS. The number of hydrogen-bond acceptors (Lipinski definition) is 4. The van der Waals surface area contributed by atoms with Crippen LogP contribution in [0.15, 0.2) is 18.2 Å². The molecule has 0 aromatic heterocycles. The fourth-order valence-electron chi connectivity index (χ4n) is 1.90. The van der Waals surface area contributed by atoms with Crippen molar-refractivity contribution in [1.82, 2.24) is 5.43 Å². The van der Waals surface area contributed by atoms with Crippen LogP contribution in [0.3, 0.4) is 0 Å². The number of methoxy groups -OCH3 is 1. The molecule has 0 aliphatic rings. The van der Waals surface area contributed by atoms with E-state index < -0.39 is 0 Å². The highest BCUT2D eigenvalue weighted by Crippen LogP contribution is 2.23. The number of aryl methyl sites for hydroxylation is 1. The molecule has 0 aliphatic heterocycles. The molecule has 3 N–H and O–H groups in total. The molecule has 108 valence electrons. The molecule has 19 heavy (non-hydrogen) atoms. The molecule has 0 spiro atoms. The first kappa shape index (κ1) is 16.3. The summed E-state index contributed by atoms with van der Waals surface area (Å²) in [5.74, 6) is 7.63. The fraction of sp³-hybridized carbons (Fsp3) is 0.600. The SMILES string of the molecule is CCC(C)SCC(Cc1cc(C)ccc1OC)NN. The quantitative estimate of drug-likeness (QED) is 0.568. The molecular weight excluding hydrogens is 256 g/mol. The van der Waals surface area contributed by atoms with Gasteiger partial charge in [0, 0.05) is 17.0 Å². The van der Waals surface area contributed by atoms with Crippen molar-refractivity contribution in [2.45, 2.75) is 44.9 Å². The zero-order valence-corrected chi connectivity index (χ0v) is 13.2. The minimum Gasteiger partial charge on any atom is -0.496 e. The Morgan fingerprint density at radius 1 is 1.42 bits per heavy atom. The van der Waals surface area contributed by atoms with Crippen LogP contribution in [0.2, 0.25) is 0 Å². The van der Waals surface area contributed by atoms with Crippen LogP contribution in [0.1, 0.15) is 31.4 Å². The van der Waals surface area contributed by atoms with Crippen molar-refractivity contribution < 1.29 is 4.74 Å². The van der Waals surface area contributed by atoms with Gasteiger partial charge < -0.3 is 4.74 Å². The van der Waals surface area contributed by atoms with Gasteiger partial charge in [-0.15, -0.1) is 0 Å². The summed E-state index contributed by atoms with van der Waals surface area (Å²) in [4.78, 5) is 0. The van der Waals surface area contributed by atoms with E-state index in [2.05, 4.69) is 38.3 Å². The zero-order valence-electron chi connectivity index (χ0n) is 12.4. The molecule has 0 saturated carbocycles. The van der Waals surface area contributed by atoms with E-state index in [1.54, 1.807) is 7.11 Å². The van der Waals surface area contributed by atoms with E-state index in [4.69, 9.17) is 10.6 Å². The summed E-state index contributed by atoms with van der Waals surface area (Å²) < 4.78 is 5.42. The second-order valence-corrected chi connectivity index (χ2v) is 6.41. The second kappa shape index (κ2) is 8.46. The number of ether oxygens (including phenoxy) is 1. The first-order valence-electron chi connectivity index (χ1n) is 6.81. The van der Waals surface area contributed by atoms with Crippen LogP contribution in [0.25, 0.3) is 0 Å². The third-order valence-corrected chi connectivity index (χ3v) is 4.79. The summed E-state index contributed by atoms with van der Waals surface area (Å²) in [6.45, 7) is 6.57. The van der Waals surface area contributed by atoms with Crippen LogP contribution in [0.4, 0.5) is 0 Å². The Morgan fingerprint density at radius 2 is 2.16 bits per heavy atom. The Labute approximate surface area is 121 Å². The monoisotopic (exact) mass is 282 g/mol. The van der Waals surface area contributed by atoms with E-state index in [0.29, 0.717) is 5.25 Å². The molecule has 4 heteroatoms. The van der Waals surface area contributed by atoms with Crippen molar-refractivity contribution in [2.75, 3.05) is 12.9 Å². The van der Waals surface area contributed by atoms with Gasteiger partial charge in [-0.25, -0.2) is 0 Å². The molecule has 0 amide bonds. The Balaban J connectivity index is 2.66. The Morgan fingerprint density at radius 3 is 2.74 bits per heavy atom. The Hall–Kier alpha value is -0.710. The number of nitrogens with two attached hydrogens (primary N) is 1. The first-order chi connectivity index (χ1) is 9.10. The lowest BCUT2D eigenvalue weighted by Gasteiger charge is -2.19. The van der Waals surface area contributed by atoms with Crippen molar-refractivity contribution in [1.29, 1.82) is 0 Å². The molecule has 0 saturated heterocycles. The van der Waals surface area contributed by atoms with Gasteiger partial charge in [0.25, 0.3) is 0 Å². The molecule has 0 bridgehead atoms. The summed E-state index contributed by atoms with van der Waals surface area (Å²) in [5, 5.41) is 0.676. The van der Waals surface area contributed by atoms with Crippen LogP contribution in [-0.2, 0) is 6.42 Å². The lowest BCUT2D eigenvalue weighted by atomic mass is 10.0. The number of hydrazine groups is 1. The van der Waals surface area contributed by atoms with Crippen molar-refractivity contribution in [3.05, 3.63) is 29.3 Å². The molecule has 0 fully saturated rings. The summed E-state index contributed by atoms with van der Waals surface area (Å²) in [5.41, 5.74) is 5.39. The normalized spacial score (nSPS) is 14.2. The maximum atomic E-state index is 5.67. The van der Waals surface area contributed by atoms with E-state index in [0.717, 1.165) is 17.9 Å². The molecule has 3 nitrogen and oxygen atoms in total. The van der Waals surface area contributed by atoms with Crippen molar-refractivity contribution in [3.8, 4) is 5.75 Å². The summed E-state index contributed by atoms with van der Waals surface area (Å²) in [7, 11) is 1.72. The fourth-order valence-corrected chi connectivity index (χ4v) is 2.91. The van der Waals surface area contributed by atoms with Gasteiger partial charge in [0.15, 0.2) is 0 Å². The van der Waals surface area contributed by atoms with Crippen LogP contribution in [0, 0.1) is 6.92 Å². The smallest absolute Gasteiger partial charge is 0.122 e. The highest BCUT2D eigenvalue weighted by atomic mass is 32.2. The molecule has 0 heterocycles. The van der Waals surface area contributed by atoms with Gasteiger partial charge in [-0.1, -0.05) is 31.5 Å². The summed E-state index contributed by atoms with van der Waals surface area (Å²) in [6.07, 6.45) is 2.08. The number of rotatable bonds is 8. The van der Waals surface area contributed by atoms with Crippen LogP contribution in [0.5, 0.6) is 5.75 Å². The van der Waals surface area contributed by atoms with E-state index in [1.165, 1.54) is 17.5 Å². The molecule has 1 aromatic rings. The van der Waals surface area contributed by atoms with Crippen LogP contribution >= 0.6 is 11.8 Å². The first-order valence-corrected chi connectivity index (χ1v) is 7.86. The predicted molar refractivity (Wildman–Crippen MR) is 84.8 cm³/mol. The third kappa shape index (κ3) is 5.43. The number of nitrogens with one attached hydrogen (secondary N) is 1. The average Bonchev–Trinajstić information content (AvgIpc) is 2.43.